The number of fused-ring (bicyclic) bond motifs is 3. The monoisotopic (exact) mass is 331 g/mol. The van der Waals surface area contributed by atoms with Crippen LogP contribution >= 0.6 is 11.8 Å². The number of para-hydroxylation sites is 1. The number of hydrogen-bond acceptors (Lipinski definition) is 5. The Balaban J connectivity index is 2.03. The van der Waals surface area contributed by atoms with Crippen LogP contribution in [0.5, 0.6) is 0 Å². The first kappa shape index (κ1) is 15.5. The van der Waals surface area contributed by atoms with Crippen molar-refractivity contribution in [2.45, 2.75) is 18.5 Å². The van der Waals surface area contributed by atoms with E-state index >= 15 is 0 Å². The molecule has 1 aromatic carbocycles. The number of benzene rings is 1. The summed E-state index contributed by atoms with van der Waals surface area (Å²) in [5.41, 5.74) is 0.629. The minimum absolute atomic E-state index is 0.0391. The summed E-state index contributed by atoms with van der Waals surface area (Å²) in [5, 5.41) is 12.2. The largest absolute Gasteiger partial charge is 0.355 e. The Morgan fingerprint density at radius 1 is 1.30 bits per heavy atom. The second-order valence-electron chi connectivity index (χ2n) is 5.14. The normalized spacial score (nSPS) is 11.2. The predicted octanol–water partition coefficient (Wildman–Crippen LogP) is 1.20. The Morgan fingerprint density at radius 3 is 2.87 bits per heavy atom. The first-order chi connectivity index (χ1) is 11.1. The molecule has 0 fully saturated rings. The Kier molecular flexibility index (Phi) is 4.33. The summed E-state index contributed by atoms with van der Waals surface area (Å²) >= 11 is 1.31. The van der Waals surface area contributed by atoms with E-state index < -0.39 is 0 Å². The number of aromatic nitrogens is 4. The molecule has 0 unspecified atom stereocenters. The number of carbonyl (C=O) groups excluding carboxylic acids is 1. The first-order valence-corrected chi connectivity index (χ1v) is 8.34. The maximum atomic E-state index is 12.3. The molecule has 0 aliphatic carbocycles. The summed E-state index contributed by atoms with van der Waals surface area (Å²) in [6.45, 7) is 2.67. The Morgan fingerprint density at radius 2 is 2.09 bits per heavy atom. The molecule has 3 rings (SSSR count). The molecule has 0 aliphatic heterocycles. The average molecular weight is 331 g/mol. The van der Waals surface area contributed by atoms with Gasteiger partial charge in [0.05, 0.1) is 16.7 Å². The summed E-state index contributed by atoms with van der Waals surface area (Å²) in [4.78, 5) is 24.1. The summed E-state index contributed by atoms with van der Waals surface area (Å²) in [5.74, 6) is 0.686. The predicted molar refractivity (Wildman–Crippen MR) is 89.8 cm³/mol. The van der Waals surface area contributed by atoms with E-state index in [1.54, 1.807) is 13.1 Å². The highest BCUT2D eigenvalue weighted by Gasteiger charge is 2.15. The highest BCUT2D eigenvalue weighted by molar-refractivity contribution is 7.99. The van der Waals surface area contributed by atoms with Crippen molar-refractivity contribution in [3.8, 4) is 0 Å². The van der Waals surface area contributed by atoms with Crippen LogP contribution in [0.2, 0.25) is 0 Å². The Labute approximate surface area is 136 Å². The second kappa shape index (κ2) is 6.41. The molecule has 2 heterocycles. The van der Waals surface area contributed by atoms with Gasteiger partial charge in [0.25, 0.3) is 5.56 Å². The lowest BCUT2D eigenvalue weighted by atomic mass is 10.2. The number of nitrogens with zero attached hydrogens (tertiary/aromatic N) is 4. The fraction of sp³-hybridized carbons (Fsp3) is 0.333. The number of carbonyl (C=O) groups is 1. The smallest absolute Gasteiger partial charge is 0.262 e. The van der Waals surface area contributed by atoms with Crippen molar-refractivity contribution in [2.75, 3.05) is 12.3 Å². The lowest BCUT2D eigenvalue weighted by Gasteiger charge is -2.07. The molecule has 0 radical (unpaired) electrons. The highest BCUT2D eigenvalue weighted by atomic mass is 32.2. The van der Waals surface area contributed by atoms with Gasteiger partial charge in [0.1, 0.15) is 0 Å². The topological polar surface area (TPSA) is 81.3 Å². The van der Waals surface area contributed by atoms with E-state index in [4.69, 9.17) is 0 Å². The molecule has 0 spiro atoms. The highest BCUT2D eigenvalue weighted by Crippen LogP contribution is 2.20. The number of hydrogen-bond donors (Lipinski definition) is 1. The van der Waals surface area contributed by atoms with Crippen LogP contribution < -0.4 is 10.9 Å². The van der Waals surface area contributed by atoms with E-state index in [9.17, 15) is 9.59 Å². The molecule has 2 aromatic heterocycles. The summed E-state index contributed by atoms with van der Waals surface area (Å²) in [6, 6.07) is 7.32. The zero-order chi connectivity index (χ0) is 16.4. The maximum absolute atomic E-state index is 12.3. The zero-order valence-corrected chi connectivity index (χ0v) is 13.8. The van der Waals surface area contributed by atoms with Gasteiger partial charge in [-0.1, -0.05) is 30.8 Å². The molecular weight excluding hydrogens is 314 g/mol. The minimum Gasteiger partial charge on any atom is -0.355 e. The summed E-state index contributed by atoms with van der Waals surface area (Å²) in [7, 11) is 1.67. The SMILES string of the molecule is CCCNC(=O)CSc1nnc2n(C)c(=O)c3ccccc3n12. The van der Waals surface area contributed by atoms with Gasteiger partial charge < -0.3 is 5.32 Å². The third-order valence-electron chi connectivity index (χ3n) is 3.50. The van der Waals surface area contributed by atoms with Crippen molar-refractivity contribution in [3.05, 3.63) is 34.6 Å². The van der Waals surface area contributed by atoms with Gasteiger partial charge in [-0.05, 0) is 18.6 Å². The lowest BCUT2D eigenvalue weighted by Crippen LogP contribution is -2.25. The standard InChI is InChI=1S/C15H17N5O2S/c1-3-8-16-12(21)9-23-15-18-17-14-19(2)13(22)10-6-4-5-7-11(10)20(14)15/h4-7H,3,8-9H2,1-2H3,(H,16,21). The fourth-order valence-corrected chi connectivity index (χ4v) is 3.12. The van der Waals surface area contributed by atoms with Gasteiger partial charge in [-0.3, -0.25) is 18.6 Å². The molecule has 23 heavy (non-hydrogen) atoms. The molecule has 0 saturated heterocycles. The van der Waals surface area contributed by atoms with E-state index in [2.05, 4.69) is 15.5 Å². The van der Waals surface area contributed by atoms with E-state index in [0.29, 0.717) is 22.9 Å². The molecule has 7 nitrogen and oxygen atoms in total. The van der Waals surface area contributed by atoms with Gasteiger partial charge in [-0.15, -0.1) is 10.2 Å². The second-order valence-corrected chi connectivity index (χ2v) is 6.08. The van der Waals surface area contributed by atoms with Gasteiger partial charge in [0.15, 0.2) is 5.16 Å². The van der Waals surface area contributed by atoms with Crippen LogP contribution in [-0.4, -0.2) is 37.4 Å². The molecule has 0 saturated carbocycles. The van der Waals surface area contributed by atoms with Crippen LogP contribution in [0.15, 0.2) is 34.2 Å². The third kappa shape index (κ3) is 2.81. The minimum atomic E-state index is -0.113. The zero-order valence-electron chi connectivity index (χ0n) is 12.9. The molecular formula is C15H17N5O2S. The molecule has 120 valence electrons. The van der Waals surface area contributed by atoms with Gasteiger partial charge in [0.2, 0.25) is 11.7 Å². The van der Waals surface area contributed by atoms with Crippen molar-refractivity contribution in [1.29, 1.82) is 0 Å². The number of thioether (sulfide) groups is 1. The van der Waals surface area contributed by atoms with Crippen molar-refractivity contribution in [2.24, 2.45) is 7.05 Å². The van der Waals surface area contributed by atoms with Crippen molar-refractivity contribution < 1.29 is 4.79 Å². The molecule has 3 aromatic rings. The number of rotatable bonds is 5. The molecule has 0 atom stereocenters. The molecule has 8 heteroatoms. The van der Waals surface area contributed by atoms with Crippen LogP contribution in [0, 0.1) is 0 Å². The van der Waals surface area contributed by atoms with Crippen LogP contribution in [0.25, 0.3) is 16.7 Å². The van der Waals surface area contributed by atoms with E-state index in [0.717, 1.165) is 11.9 Å². The van der Waals surface area contributed by atoms with Crippen molar-refractivity contribution >= 4 is 34.3 Å². The quantitative estimate of drug-likeness (QED) is 0.711. The molecule has 0 bridgehead atoms. The lowest BCUT2D eigenvalue weighted by molar-refractivity contribution is -0.118. The average Bonchev–Trinajstić information content (AvgIpc) is 3.00. The Bertz CT molecular complexity index is 931. The molecule has 0 aliphatic rings. The van der Waals surface area contributed by atoms with Gasteiger partial charge in [-0.25, -0.2) is 0 Å². The van der Waals surface area contributed by atoms with Crippen LogP contribution in [0.3, 0.4) is 0 Å². The van der Waals surface area contributed by atoms with Gasteiger partial charge >= 0.3 is 0 Å². The van der Waals surface area contributed by atoms with E-state index in [1.165, 1.54) is 16.3 Å². The van der Waals surface area contributed by atoms with E-state index in [-0.39, 0.29) is 17.2 Å². The van der Waals surface area contributed by atoms with E-state index in [1.807, 2.05) is 29.5 Å². The molecule has 1 N–H and O–H groups in total. The van der Waals surface area contributed by atoms with Crippen molar-refractivity contribution in [1.82, 2.24) is 24.5 Å². The Hall–Kier alpha value is -2.35. The number of aryl methyl sites for hydroxylation is 1. The summed E-state index contributed by atoms with van der Waals surface area (Å²) in [6.07, 6.45) is 0.900. The van der Waals surface area contributed by atoms with Gasteiger partial charge in [0, 0.05) is 13.6 Å². The summed E-state index contributed by atoms with van der Waals surface area (Å²) < 4.78 is 3.28. The van der Waals surface area contributed by atoms with Crippen LogP contribution in [0.1, 0.15) is 13.3 Å². The van der Waals surface area contributed by atoms with Crippen LogP contribution in [-0.2, 0) is 11.8 Å². The third-order valence-corrected chi connectivity index (χ3v) is 4.43. The van der Waals surface area contributed by atoms with Crippen LogP contribution in [0.4, 0.5) is 0 Å². The van der Waals surface area contributed by atoms with Crippen molar-refractivity contribution in [3.63, 3.8) is 0 Å². The molecule has 1 amide bonds. The number of nitrogens with one attached hydrogen (secondary N) is 1. The van der Waals surface area contributed by atoms with Gasteiger partial charge in [-0.2, -0.15) is 0 Å². The fourth-order valence-electron chi connectivity index (χ4n) is 2.35. The maximum Gasteiger partial charge on any atom is 0.262 e. The number of amides is 1. The first-order valence-electron chi connectivity index (χ1n) is 7.36.